The van der Waals surface area contributed by atoms with Crippen LogP contribution in [0.15, 0.2) is 67.1 Å². The molecule has 0 unspecified atom stereocenters. The first-order valence-electron chi connectivity index (χ1n) is 10.3. The quantitative estimate of drug-likeness (QED) is 0.518. The number of para-hydroxylation sites is 1. The maximum atomic E-state index is 4.70. The first-order chi connectivity index (χ1) is 14.3. The van der Waals surface area contributed by atoms with Gasteiger partial charge < -0.3 is 9.47 Å². The summed E-state index contributed by atoms with van der Waals surface area (Å²) in [6.07, 6.45) is 8.07. The van der Waals surface area contributed by atoms with Gasteiger partial charge >= 0.3 is 0 Å². The van der Waals surface area contributed by atoms with Gasteiger partial charge in [-0.3, -0.25) is 9.97 Å². The molecule has 29 heavy (non-hydrogen) atoms. The average molecular weight is 383 g/mol. The lowest BCUT2D eigenvalue weighted by Crippen LogP contribution is -2.34. The van der Waals surface area contributed by atoms with Crippen LogP contribution in [0.4, 0.5) is 5.69 Å². The van der Waals surface area contributed by atoms with Crippen LogP contribution in [-0.2, 0) is 6.54 Å². The minimum absolute atomic E-state index is 0.485. The number of anilines is 1. The molecule has 0 radical (unpaired) electrons. The predicted octanol–water partition coefficient (Wildman–Crippen LogP) is 4.57. The van der Waals surface area contributed by atoms with Crippen LogP contribution in [0.1, 0.15) is 36.0 Å². The number of hydrogen-bond acceptors (Lipinski definition) is 4. The third kappa shape index (κ3) is 3.60. The molecule has 0 amide bonds. The monoisotopic (exact) mass is 383 g/mol. The Hall–Kier alpha value is -3.21. The summed E-state index contributed by atoms with van der Waals surface area (Å²) in [4.78, 5) is 16.4. The van der Waals surface area contributed by atoms with E-state index in [4.69, 9.17) is 9.97 Å². The van der Waals surface area contributed by atoms with Crippen LogP contribution >= 0.6 is 0 Å². The molecule has 3 aromatic heterocycles. The number of nitrogens with zero attached hydrogens (tertiary/aromatic N) is 5. The lowest BCUT2D eigenvalue weighted by atomic mass is 9.95. The molecule has 0 aliphatic carbocycles. The van der Waals surface area contributed by atoms with E-state index in [-0.39, 0.29) is 0 Å². The standard InChI is InChI=1S/C24H25N5/c1-18-16-23(21-7-2-3-8-22(21)27-18)28-13-9-19(10-14-28)24-26-12-15-29(24)17-20-6-4-5-11-25-20/h2-8,11-12,15-16,19H,9-10,13-14,17H2,1H3. The number of fused-ring (bicyclic) bond motifs is 1. The van der Waals surface area contributed by atoms with Crippen molar-refractivity contribution in [2.75, 3.05) is 18.0 Å². The van der Waals surface area contributed by atoms with Gasteiger partial charge in [0.2, 0.25) is 0 Å². The Morgan fingerprint density at radius 3 is 2.62 bits per heavy atom. The topological polar surface area (TPSA) is 46.8 Å². The van der Waals surface area contributed by atoms with Crippen molar-refractivity contribution in [1.82, 2.24) is 19.5 Å². The summed E-state index contributed by atoms with van der Waals surface area (Å²) in [6, 6.07) is 16.7. The van der Waals surface area contributed by atoms with Crippen LogP contribution in [0.2, 0.25) is 0 Å². The summed E-state index contributed by atoms with van der Waals surface area (Å²) in [5.74, 6) is 1.67. The number of benzene rings is 1. The third-order valence-corrected chi connectivity index (χ3v) is 5.83. The SMILES string of the molecule is Cc1cc(N2CCC(c3nccn3Cc3ccccn3)CC2)c2ccccc2n1. The largest absolute Gasteiger partial charge is 0.371 e. The fourth-order valence-corrected chi connectivity index (χ4v) is 4.41. The van der Waals surface area contributed by atoms with Crippen LogP contribution in [0.3, 0.4) is 0 Å². The molecule has 1 saturated heterocycles. The highest BCUT2D eigenvalue weighted by Crippen LogP contribution is 2.33. The maximum absolute atomic E-state index is 4.70. The molecule has 0 bridgehead atoms. The fourth-order valence-electron chi connectivity index (χ4n) is 4.41. The molecular weight excluding hydrogens is 358 g/mol. The molecule has 5 rings (SSSR count). The van der Waals surface area contributed by atoms with Crippen molar-refractivity contribution in [1.29, 1.82) is 0 Å². The third-order valence-electron chi connectivity index (χ3n) is 5.83. The summed E-state index contributed by atoms with van der Waals surface area (Å²) in [7, 11) is 0. The van der Waals surface area contributed by atoms with Gasteiger partial charge in [0.15, 0.2) is 0 Å². The minimum atomic E-state index is 0.485. The van der Waals surface area contributed by atoms with E-state index in [0.717, 1.165) is 49.4 Å². The number of hydrogen-bond donors (Lipinski definition) is 0. The van der Waals surface area contributed by atoms with Gasteiger partial charge in [0.25, 0.3) is 0 Å². The molecule has 1 aliphatic heterocycles. The second-order valence-electron chi connectivity index (χ2n) is 7.80. The van der Waals surface area contributed by atoms with Gasteiger partial charge in [-0.1, -0.05) is 24.3 Å². The maximum Gasteiger partial charge on any atom is 0.112 e. The number of aromatic nitrogens is 4. The average Bonchev–Trinajstić information content (AvgIpc) is 3.22. The number of aryl methyl sites for hydroxylation is 1. The molecule has 4 heterocycles. The van der Waals surface area contributed by atoms with Gasteiger partial charge in [-0.15, -0.1) is 0 Å². The Kier molecular flexibility index (Phi) is 4.72. The van der Waals surface area contributed by atoms with Crippen LogP contribution in [0.5, 0.6) is 0 Å². The smallest absolute Gasteiger partial charge is 0.112 e. The second-order valence-corrected chi connectivity index (χ2v) is 7.80. The van der Waals surface area contributed by atoms with Gasteiger partial charge in [-0.25, -0.2) is 4.98 Å². The minimum Gasteiger partial charge on any atom is -0.371 e. The summed E-state index contributed by atoms with van der Waals surface area (Å²) in [6.45, 7) is 4.94. The van der Waals surface area contributed by atoms with E-state index in [1.165, 1.54) is 16.9 Å². The molecule has 0 spiro atoms. The lowest BCUT2D eigenvalue weighted by Gasteiger charge is -2.34. The zero-order valence-corrected chi connectivity index (χ0v) is 16.7. The summed E-state index contributed by atoms with van der Waals surface area (Å²) in [5, 5.41) is 1.24. The van der Waals surface area contributed by atoms with E-state index in [0.29, 0.717) is 5.92 Å². The highest BCUT2D eigenvalue weighted by atomic mass is 15.1. The number of imidazole rings is 1. The molecule has 5 nitrogen and oxygen atoms in total. The summed E-state index contributed by atoms with van der Waals surface area (Å²) >= 11 is 0. The normalized spacial score (nSPS) is 15.1. The molecule has 0 atom stereocenters. The van der Waals surface area contributed by atoms with Crippen molar-refractivity contribution in [3.63, 3.8) is 0 Å². The Balaban J connectivity index is 1.34. The Bertz CT molecular complexity index is 1110. The number of pyridine rings is 2. The molecule has 146 valence electrons. The zero-order valence-electron chi connectivity index (χ0n) is 16.7. The van der Waals surface area contributed by atoms with Crippen LogP contribution in [-0.4, -0.2) is 32.6 Å². The van der Waals surface area contributed by atoms with Crippen LogP contribution < -0.4 is 4.90 Å². The molecule has 1 aliphatic rings. The van der Waals surface area contributed by atoms with Gasteiger partial charge in [0.1, 0.15) is 5.82 Å². The number of rotatable bonds is 4. The van der Waals surface area contributed by atoms with E-state index in [1.54, 1.807) is 0 Å². The van der Waals surface area contributed by atoms with Crippen molar-refractivity contribution >= 4 is 16.6 Å². The summed E-state index contributed by atoms with van der Waals surface area (Å²) in [5.41, 5.74) is 4.54. The predicted molar refractivity (Wildman–Crippen MR) is 116 cm³/mol. The van der Waals surface area contributed by atoms with Gasteiger partial charge in [-0.05, 0) is 44.0 Å². The Morgan fingerprint density at radius 1 is 0.966 bits per heavy atom. The molecule has 0 saturated carbocycles. The van der Waals surface area contributed by atoms with Crippen LogP contribution in [0.25, 0.3) is 10.9 Å². The molecule has 0 N–H and O–H groups in total. The van der Waals surface area contributed by atoms with E-state index >= 15 is 0 Å². The van der Waals surface area contributed by atoms with E-state index in [9.17, 15) is 0 Å². The van der Waals surface area contributed by atoms with Crippen molar-refractivity contribution < 1.29 is 0 Å². The molecule has 1 fully saturated rings. The molecule has 5 heteroatoms. The highest BCUT2D eigenvalue weighted by Gasteiger charge is 2.25. The summed E-state index contributed by atoms with van der Waals surface area (Å²) < 4.78 is 2.26. The van der Waals surface area contributed by atoms with E-state index in [2.05, 4.69) is 64.0 Å². The van der Waals surface area contributed by atoms with E-state index < -0.39 is 0 Å². The fraction of sp³-hybridized carbons (Fsp3) is 0.292. The first-order valence-corrected chi connectivity index (χ1v) is 10.3. The van der Waals surface area contributed by atoms with Crippen molar-refractivity contribution in [3.8, 4) is 0 Å². The number of piperidine rings is 1. The first kappa shape index (κ1) is 17.9. The molecule has 4 aromatic rings. The molecule has 1 aromatic carbocycles. The second kappa shape index (κ2) is 7.66. The highest BCUT2D eigenvalue weighted by molar-refractivity contribution is 5.92. The van der Waals surface area contributed by atoms with Crippen molar-refractivity contribution in [3.05, 3.63) is 84.3 Å². The van der Waals surface area contributed by atoms with Gasteiger partial charge in [0.05, 0.1) is 17.8 Å². The van der Waals surface area contributed by atoms with Crippen molar-refractivity contribution in [2.24, 2.45) is 0 Å². The van der Waals surface area contributed by atoms with Gasteiger partial charge in [-0.2, -0.15) is 0 Å². The van der Waals surface area contributed by atoms with Crippen LogP contribution in [0, 0.1) is 6.92 Å². The van der Waals surface area contributed by atoms with Gasteiger partial charge in [0, 0.05) is 54.4 Å². The molecular formula is C24H25N5. The Morgan fingerprint density at radius 2 is 1.79 bits per heavy atom. The van der Waals surface area contributed by atoms with Crippen molar-refractivity contribution in [2.45, 2.75) is 32.2 Å². The lowest BCUT2D eigenvalue weighted by molar-refractivity contribution is 0.470. The zero-order chi connectivity index (χ0) is 19.6. The Labute approximate surface area is 171 Å². The van der Waals surface area contributed by atoms with E-state index in [1.807, 2.05) is 24.5 Å².